The molecule has 26 heavy (non-hydrogen) atoms. The molecule has 0 aliphatic heterocycles. The maximum absolute atomic E-state index is 13.5. The fourth-order valence-electron chi connectivity index (χ4n) is 2.09. The van der Waals surface area contributed by atoms with E-state index in [-0.39, 0.29) is 16.1 Å². The minimum absolute atomic E-state index is 0.0212. The maximum atomic E-state index is 13.5. The van der Waals surface area contributed by atoms with Crippen LogP contribution in [-0.4, -0.2) is 17.6 Å². The lowest BCUT2D eigenvalue weighted by Gasteiger charge is -2.19. The molecule has 0 aliphatic rings. The summed E-state index contributed by atoms with van der Waals surface area (Å²) in [6.07, 6.45) is 0. The van der Waals surface area contributed by atoms with Gasteiger partial charge in [0, 0.05) is 10.5 Å². The second kappa shape index (κ2) is 8.31. The molecule has 2 amide bonds. The molecule has 0 saturated carbocycles. The van der Waals surface area contributed by atoms with Gasteiger partial charge in [-0.15, -0.1) is 11.8 Å². The highest BCUT2D eigenvalue weighted by molar-refractivity contribution is 8.00. The van der Waals surface area contributed by atoms with Crippen molar-refractivity contribution in [3.05, 3.63) is 65.2 Å². The first-order valence-corrected chi connectivity index (χ1v) is 8.93. The molecule has 0 saturated heterocycles. The highest BCUT2D eigenvalue weighted by Crippen LogP contribution is 2.23. The number of halogens is 2. The second-order valence-electron chi connectivity index (χ2n) is 6.69. The van der Waals surface area contributed by atoms with Crippen LogP contribution in [0.5, 0.6) is 0 Å². The minimum atomic E-state index is -0.604. The Hall–Kier alpha value is -2.41. The van der Waals surface area contributed by atoms with Crippen LogP contribution >= 0.6 is 11.8 Å². The van der Waals surface area contributed by atoms with E-state index in [1.807, 2.05) is 12.1 Å². The number of hydrogen-bond acceptors (Lipinski definition) is 3. The Bertz CT molecular complexity index is 802. The molecule has 0 heterocycles. The molecule has 0 atom stereocenters. The summed E-state index contributed by atoms with van der Waals surface area (Å²) in [6, 6.07) is 10.1. The zero-order valence-corrected chi connectivity index (χ0v) is 15.5. The molecule has 138 valence electrons. The monoisotopic (exact) mass is 378 g/mol. The van der Waals surface area contributed by atoms with Crippen LogP contribution in [0.25, 0.3) is 0 Å². The van der Waals surface area contributed by atoms with Crippen LogP contribution < -0.4 is 10.9 Å². The van der Waals surface area contributed by atoms with Gasteiger partial charge in [-0.3, -0.25) is 20.4 Å². The van der Waals surface area contributed by atoms with Crippen LogP contribution in [0, 0.1) is 11.6 Å². The highest BCUT2D eigenvalue weighted by atomic mass is 32.2. The molecule has 2 rings (SSSR count). The molecule has 2 N–H and O–H groups in total. The number of rotatable bonds is 4. The number of carbonyl (C=O) groups is 2. The number of nitrogens with one attached hydrogen (secondary N) is 2. The predicted molar refractivity (Wildman–Crippen MR) is 97.8 cm³/mol. The molecule has 0 aliphatic carbocycles. The van der Waals surface area contributed by atoms with Gasteiger partial charge in [0.15, 0.2) is 0 Å². The average molecular weight is 378 g/mol. The van der Waals surface area contributed by atoms with Crippen LogP contribution in [0.1, 0.15) is 36.7 Å². The highest BCUT2D eigenvalue weighted by Gasteiger charge is 2.15. The van der Waals surface area contributed by atoms with Crippen LogP contribution in [-0.2, 0) is 10.2 Å². The molecule has 0 spiro atoms. The van der Waals surface area contributed by atoms with Crippen molar-refractivity contribution in [2.24, 2.45) is 0 Å². The summed E-state index contributed by atoms with van der Waals surface area (Å²) in [5.74, 6) is -2.34. The van der Waals surface area contributed by atoms with Gasteiger partial charge in [-0.25, -0.2) is 8.78 Å². The van der Waals surface area contributed by atoms with E-state index in [1.54, 1.807) is 12.1 Å². The molecule has 0 aromatic heterocycles. The standard InChI is InChI=1S/C19H20F2N2O2S/c1-19(2,3)13-6-4-12(5-7-13)18(25)23-22-17(24)11-26-16-10-14(20)8-9-15(16)21/h4-10H,11H2,1-3H3,(H,22,24)(H,23,25). The first-order chi connectivity index (χ1) is 12.2. The van der Waals surface area contributed by atoms with Gasteiger partial charge in [0.25, 0.3) is 5.91 Å². The molecule has 2 aromatic rings. The maximum Gasteiger partial charge on any atom is 0.269 e. The third-order valence-corrected chi connectivity index (χ3v) is 4.61. The van der Waals surface area contributed by atoms with Gasteiger partial charge in [-0.1, -0.05) is 32.9 Å². The van der Waals surface area contributed by atoms with Gasteiger partial charge in [0.05, 0.1) is 5.75 Å². The van der Waals surface area contributed by atoms with E-state index in [9.17, 15) is 18.4 Å². The van der Waals surface area contributed by atoms with Gasteiger partial charge in [-0.05, 0) is 41.3 Å². The van der Waals surface area contributed by atoms with Crippen molar-refractivity contribution in [2.45, 2.75) is 31.1 Å². The van der Waals surface area contributed by atoms with Crippen molar-refractivity contribution in [3.8, 4) is 0 Å². The van der Waals surface area contributed by atoms with Gasteiger partial charge in [0.1, 0.15) is 11.6 Å². The van der Waals surface area contributed by atoms with Crippen molar-refractivity contribution in [2.75, 3.05) is 5.75 Å². The number of thioether (sulfide) groups is 1. The van der Waals surface area contributed by atoms with Gasteiger partial charge >= 0.3 is 0 Å². The first-order valence-electron chi connectivity index (χ1n) is 7.94. The van der Waals surface area contributed by atoms with Crippen molar-refractivity contribution in [1.82, 2.24) is 10.9 Å². The third kappa shape index (κ3) is 5.56. The fourth-order valence-corrected chi connectivity index (χ4v) is 2.85. The fraction of sp³-hybridized carbons (Fsp3) is 0.263. The number of hydrazine groups is 1. The summed E-state index contributed by atoms with van der Waals surface area (Å²) in [6.45, 7) is 6.21. The van der Waals surface area contributed by atoms with Crippen LogP contribution in [0.15, 0.2) is 47.4 Å². The Morgan fingerprint density at radius 2 is 1.65 bits per heavy atom. The topological polar surface area (TPSA) is 58.2 Å². The molecular formula is C19H20F2N2O2S. The zero-order valence-electron chi connectivity index (χ0n) is 14.7. The molecule has 2 aromatic carbocycles. The SMILES string of the molecule is CC(C)(C)c1ccc(C(=O)NNC(=O)CSc2cc(F)ccc2F)cc1. The van der Waals surface area contributed by atoms with Crippen molar-refractivity contribution in [3.63, 3.8) is 0 Å². The molecule has 0 radical (unpaired) electrons. The van der Waals surface area contributed by atoms with Crippen molar-refractivity contribution < 1.29 is 18.4 Å². The Balaban J connectivity index is 1.85. The number of amides is 2. The Labute approximate surface area is 155 Å². The second-order valence-corrected chi connectivity index (χ2v) is 7.71. The number of hydrogen-bond donors (Lipinski definition) is 2. The summed E-state index contributed by atoms with van der Waals surface area (Å²) in [5, 5.41) is 0. The molecule has 0 fully saturated rings. The summed E-state index contributed by atoms with van der Waals surface area (Å²) in [5.41, 5.74) is 6.03. The Kier molecular flexibility index (Phi) is 6.37. The quantitative estimate of drug-likeness (QED) is 0.628. The van der Waals surface area contributed by atoms with Crippen LogP contribution in [0.4, 0.5) is 8.78 Å². The van der Waals surface area contributed by atoms with E-state index in [0.29, 0.717) is 5.56 Å². The largest absolute Gasteiger partial charge is 0.272 e. The molecule has 0 bridgehead atoms. The zero-order chi connectivity index (χ0) is 19.3. The first kappa shape index (κ1) is 19.9. The molecular weight excluding hydrogens is 358 g/mol. The van der Waals surface area contributed by atoms with Crippen molar-refractivity contribution in [1.29, 1.82) is 0 Å². The summed E-state index contributed by atoms with van der Waals surface area (Å²) in [4.78, 5) is 23.8. The van der Waals surface area contributed by atoms with E-state index < -0.39 is 23.4 Å². The smallest absolute Gasteiger partial charge is 0.269 e. The number of carbonyl (C=O) groups excluding carboxylic acids is 2. The summed E-state index contributed by atoms with van der Waals surface area (Å²) < 4.78 is 26.6. The number of benzene rings is 2. The summed E-state index contributed by atoms with van der Waals surface area (Å²) in [7, 11) is 0. The lowest BCUT2D eigenvalue weighted by atomic mass is 9.87. The minimum Gasteiger partial charge on any atom is -0.272 e. The third-order valence-electron chi connectivity index (χ3n) is 3.58. The predicted octanol–water partition coefficient (Wildman–Crippen LogP) is 3.82. The Morgan fingerprint density at radius 3 is 2.27 bits per heavy atom. The van der Waals surface area contributed by atoms with E-state index in [1.165, 1.54) is 0 Å². The summed E-state index contributed by atoms with van der Waals surface area (Å²) >= 11 is 0.843. The van der Waals surface area contributed by atoms with E-state index in [4.69, 9.17) is 0 Å². The van der Waals surface area contributed by atoms with E-state index in [0.717, 1.165) is 35.5 Å². The molecule has 0 unspecified atom stereocenters. The lowest BCUT2D eigenvalue weighted by Crippen LogP contribution is -2.42. The molecule has 4 nitrogen and oxygen atoms in total. The van der Waals surface area contributed by atoms with Crippen molar-refractivity contribution >= 4 is 23.6 Å². The molecule has 7 heteroatoms. The van der Waals surface area contributed by atoms with Gasteiger partial charge in [0.2, 0.25) is 5.91 Å². The van der Waals surface area contributed by atoms with Gasteiger partial charge in [-0.2, -0.15) is 0 Å². The van der Waals surface area contributed by atoms with Crippen LogP contribution in [0.2, 0.25) is 0 Å². The average Bonchev–Trinajstić information content (AvgIpc) is 2.59. The Morgan fingerprint density at radius 1 is 1.00 bits per heavy atom. The normalized spacial score (nSPS) is 11.1. The van der Waals surface area contributed by atoms with Crippen LogP contribution in [0.3, 0.4) is 0 Å². The van der Waals surface area contributed by atoms with E-state index in [2.05, 4.69) is 31.6 Å². The lowest BCUT2D eigenvalue weighted by molar-refractivity contribution is -0.119. The van der Waals surface area contributed by atoms with Gasteiger partial charge < -0.3 is 0 Å². The van der Waals surface area contributed by atoms with E-state index >= 15 is 0 Å².